The molecule has 0 radical (unpaired) electrons. The lowest BCUT2D eigenvalue weighted by atomic mass is 9.67. The van der Waals surface area contributed by atoms with Crippen LogP contribution in [0.1, 0.15) is 64.9 Å². The molecule has 2 bridgehead atoms. The van der Waals surface area contributed by atoms with Crippen molar-refractivity contribution in [2.45, 2.75) is 83.6 Å². The summed E-state index contributed by atoms with van der Waals surface area (Å²) in [6.45, 7) is 5.85. The van der Waals surface area contributed by atoms with Gasteiger partial charge in [0.1, 0.15) is 18.2 Å². The minimum Gasteiger partial charge on any atom is -0.459 e. The first kappa shape index (κ1) is 20.2. The number of rotatable bonds is 5. The average molecular weight is 400 g/mol. The van der Waals surface area contributed by atoms with Crippen LogP contribution >= 0.6 is 0 Å². The molecule has 1 aromatic carbocycles. The van der Waals surface area contributed by atoms with Crippen LogP contribution in [0, 0.1) is 17.8 Å². The Labute approximate surface area is 173 Å². The molecule has 29 heavy (non-hydrogen) atoms. The van der Waals surface area contributed by atoms with E-state index in [0.717, 1.165) is 30.7 Å². The lowest BCUT2D eigenvalue weighted by molar-refractivity contribution is -0.163. The third-order valence-electron chi connectivity index (χ3n) is 6.49. The van der Waals surface area contributed by atoms with Gasteiger partial charge in [-0.25, -0.2) is 9.59 Å². The van der Waals surface area contributed by atoms with Gasteiger partial charge in [-0.3, -0.25) is 4.90 Å². The van der Waals surface area contributed by atoms with Crippen molar-refractivity contribution in [3.8, 4) is 0 Å². The number of nitrogens with zero attached hydrogens (tertiary/aromatic N) is 1. The van der Waals surface area contributed by atoms with Crippen molar-refractivity contribution in [3.63, 3.8) is 0 Å². The molecule has 1 aromatic rings. The number of esters is 1. The number of carbonyl (C=O) groups excluding carboxylic acids is 2. The van der Waals surface area contributed by atoms with Gasteiger partial charge in [0.15, 0.2) is 0 Å². The Kier molecular flexibility index (Phi) is 5.58. The Morgan fingerprint density at radius 3 is 2.45 bits per heavy atom. The van der Waals surface area contributed by atoms with Crippen LogP contribution in [-0.2, 0) is 20.9 Å². The molecule has 0 aromatic heterocycles. The fraction of sp³-hybridized carbons (Fsp3) is 0.667. The van der Waals surface area contributed by atoms with Crippen LogP contribution in [0.5, 0.6) is 0 Å². The zero-order chi connectivity index (χ0) is 20.6. The molecule has 1 amide bonds. The van der Waals surface area contributed by atoms with Gasteiger partial charge in [0.25, 0.3) is 0 Å². The summed E-state index contributed by atoms with van der Waals surface area (Å²) in [7, 11) is 0. The second-order valence-electron chi connectivity index (χ2n) is 10.0. The number of hydrogen-bond donors (Lipinski definition) is 0. The van der Waals surface area contributed by atoms with Gasteiger partial charge in [-0.2, -0.15) is 0 Å². The first-order valence-corrected chi connectivity index (χ1v) is 11.0. The van der Waals surface area contributed by atoms with Gasteiger partial charge in [0, 0.05) is 6.04 Å². The van der Waals surface area contributed by atoms with Crippen molar-refractivity contribution in [2.75, 3.05) is 0 Å². The fourth-order valence-corrected chi connectivity index (χ4v) is 5.09. The molecule has 2 saturated carbocycles. The van der Waals surface area contributed by atoms with Crippen LogP contribution < -0.4 is 0 Å². The molecule has 2 heterocycles. The lowest BCUT2D eigenvalue weighted by Crippen LogP contribution is -2.64. The molecule has 4 atom stereocenters. The summed E-state index contributed by atoms with van der Waals surface area (Å²) in [5, 5.41) is 0. The largest absolute Gasteiger partial charge is 0.459 e. The van der Waals surface area contributed by atoms with Gasteiger partial charge in [0.2, 0.25) is 0 Å². The summed E-state index contributed by atoms with van der Waals surface area (Å²) in [6.07, 6.45) is 6.39. The predicted octanol–water partition coefficient (Wildman–Crippen LogP) is 4.93. The van der Waals surface area contributed by atoms with Gasteiger partial charge in [-0.15, -0.1) is 0 Å². The van der Waals surface area contributed by atoms with Gasteiger partial charge < -0.3 is 9.47 Å². The number of benzene rings is 1. The Balaban J connectivity index is 1.51. The first-order valence-electron chi connectivity index (χ1n) is 11.0. The summed E-state index contributed by atoms with van der Waals surface area (Å²) >= 11 is 0. The van der Waals surface area contributed by atoms with E-state index in [1.54, 1.807) is 4.90 Å². The quantitative estimate of drug-likeness (QED) is 0.659. The maximum absolute atomic E-state index is 13.1. The maximum atomic E-state index is 13.1. The van der Waals surface area contributed by atoms with Crippen LogP contribution in [0.4, 0.5) is 4.79 Å². The van der Waals surface area contributed by atoms with E-state index in [1.807, 2.05) is 51.1 Å². The second kappa shape index (κ2) is 8.00. The van der Waals surface area contributed by atoms with E-state index in [-0.39, 0.29) is 30.6 Å². The van der Waals surface area contributed by atoms with Crippen molar-refractivity contribution in [1.29, 1.82) is 0 Å². The van der Waals surface area contributed by atoms with Crippen molar-refractivity contribution in [3.05, 3.63) is 35.9 Å². The van der Waals surface area contributed by atoms with Crippen LogP contribution in [-0.4, -0.2) is 34.6 Å². The molecule has 4 aliphatic rings. The van der Waals surface area contributed by atoms with Gasteiger partial charge in [0.05, 0.1) is 0 Å². The summed E-state index contributed by atoms with van der Waals surface area (Å²) in [6, 6.07) is 9.25. The molecule has 2 aliphatic heterocycles. The summed E-state index contributed by atoms with van der Waals surface area (Å²) < 4.78 is 11.4. The molecule has 2 saturated heterocycles. The van der Waals surface area contributed by atoms with E-state index in [1.165, 1.54) is 19.3 Å². The lowest BCUT2D eigenvalue weighted by Gasteiger charge is -2.53. The summed E-state index contributed by atoms with van der Waals surface area (Å²) in [5.74, 6) is 1.16. The highest BCUT2D eigenvalue weighted by Crippen LogP contribution is 2.49. The number of amides is 1. The molecular weight excluding hydrogens is 366 g/mol. The monoisotopic (exact) mass is 399 g/mol. The molecule has 0 unspecified atom stereocenters. The Bertz CT molecular complexity index is 737. The molecule has 0 spiro atoms. The zero-order valence-electron chi connectivity index (χ0n) is 17.8. The maximum Gasteiger partial charge on any atom is 0.411 e. The van der Waals surface area contributed by atoms with Crippen LogP contribution in [0.2, 0.25) is 0 Å². The van der Waals surface area contributed by atoms with E-state index in [4.69, 9.17) is 9.47 Å². The van der Waals surface area contributed by atoms with Crippen LogP contribution in [0.3, 0.4) is 0 Å². The second-order valence-corrected chi connectivity index (χ2v) is 10.0. The number of fused-ring (bicyclic) bond motifs is 3. The van der Waals surface area contributed by atoms with Crippen LogP contribution in [0.15, 0.2) is 30.3 Å². The van der Waals surface area contributed by atoms with E-state index in [2.05, 4.69) is 0 Å². The van der Waals surface area contributed by atoms with Crippen LogP contribution in [0.25, 0.3) is 0 Å². The summed E-state index contributed by atoms with van der Waals surface area (Å²) in [4.78, 5) is 28.0. The Morgan fingerprint density at radius 2 is 1.79 bits per heavy atom. The minimum absolute atomic E-state index is 0.0877. The van der Waals surface area contributed by atoms with E-state index in [0.29, 0.717) is 5.92 Å². The van der Waals surface area contributed by atoms with Crippen molar-refractivity contribution in [2.24, 2.45) is 17.8 Å². The molecular formula is C24H33NO4. The minimum atomic E-state index is -0.585. The number of piperidine rings is 2. The standard InChI is InChI=1S/C24H33NO4/c1-24(2,3)29-23(27)25-20-12-11-18(14-19(20)13-16-9-10-16)21(25)22(26)28-15-17-7-5-4-6-8-17/h4-8,16,18-21H,9-15H2,1-3H3/t18-,19-,20+,21-/m1/s1. The molecule has 158 valence electrons. The van der Waals surface area contributed by atoms with Gasteiger partial charge in [-0.05, 0) is 69.8 Å². The number of ether oxygens (including phenoxy) is 2. The van der Waals surface area contributed by atoms with E-state index < -0.39 is 11.6 Å². The molecule has 2 aliphatic carbocycles. The highest BCUT2D eigenvalue weighted by Gasteiger charge is 2.54. The third kappa shape index (κ3) is 4.76. The zero-order valence-corrected chi connectivity index (χ0v) is 17.8. The Hall–Kier alpha value is -2.04. The third-order valence-corrected chi connectivity index (χ3v) is 6.49. The van der Waals surface area contributed by atoms with E-state index in [9.17, 15) is 9.59 Å². The summed E-state index contributed by atoms with van der Waals surface area (Å²) in [5.41, 5.74) is 0.371. The van der Waals surface area contributed by atoms with Crippen molar-refractivity contribution >= 4 is 12.1 Å². The first-order chi connectivity index (χ1) is 13.8. The van der Waals surface area contributed by atoms with Crippen molar-refractivity contribution < 1.29 is 19.1 Å². The molecule has 5 rings (SSSR count). The highest BCUT2D eigenvalue weighted by atomic mass is 16.6. The highest BCUT2D eigenvalue weighted by molar-refractivity contribution is 5.83. The predicted molar refractivity (Wildman–Crippen MR) is 110 cm³/mol. The van der Waals surface area contributed by atoms with Crippen molar-refractivity contribution in [1.82, 2.24) is 4.90 Å². The normalized spacial score (nSPS) is 28.9. The fourth-order valence-electron chi connectivity index (χ4n) is 5.09. The Morgan fingerprint density at radius 1 is 1.07 bits per heavy atom. The average Bonchev–Trinajstić information content (AvgIpc) is 3.49. The smallest absolute Gasteiger partial charge is 0.411 e. The SMILES string of the molecule is CC(C)(C)OC(=O)N1[C@H]2CC[C@H](C[C@H]2CC2CC2)[C@@H]1C(=O)OCc1ccccc1. The molecule has 5 nitrogen and oxygen atoms in total. The molecule has 5 heteroatoms. The number of carbonyl (C=O) groups is 2. The molecule has 0 N–H and O–H groups in total. The topological polar surface area (TPSA) is 55.8 Å². The van der Waals surface area contributed by atoms with E-state index >= 15 is 0 Å². The van der Waals surface area contributed by atoms with Gasteiger partial charge in [-0.1, -0.05) is 43.2 Å². The number of hydrogen-bond acceptors (Lipinski definition) is 4. The molecule has 4 fully saturated rings. The van der Waals surface area contributed by atoms with Gasteiger partial charge >= 0.3 is 12.1 Å².